The number of carbonyl (C=O) groups is 3. The lowest BCUT2D eigenvalue weighted by Crippen LogP contribution is -2.60. The van der Waals surface area contributed by atoms with Gasteiger partial charge in [-0.05, 0) is 31.9 Å². The lowest BCUT2D eigenvalue weighted by atomic mass is 9.92. The Morgan fingerprint density at radius 3 is 2.59 bits per heavy atom. The topological polar surface area (TPSA) is 144 Å². The Kier molecular flexibility index (Phi) is 6.39. The van der Waals surface area contributed by atoms with Gasteiger partial charge < -0.3 is 30.3 Å². The number of benzene rings is 1. The first-order chi connectivity index (χ1) is 18.7. The van der Waals surface area contributed by atoms with Gasteiger partial charge in [0.2, 0.25) is 11.3 Å². The first kappa shape index (κ1) is 25.8. The Bertz CT molecular complexity index is 1500. The van der Waals surface area contributed by atoms with E-state index in [-0.39, 0.29) is 34.1 Å². The first-order valence-electron chi connectivity index (χ1n) is 12.9. The number of rotatable bonds is 7. The molecule has 13 heteroatoms. The molecule has 0 radical (unpaired) electrons. The van der Waals surface area contributed by atoms with Gasteiger partial charge in [0, 0.05) is 48.7 Å². The van der Waals surface area contributed by atoms with E-state index in [1.165, 1.54) is 19.2 Å². The SMILES string of the molecule is C[C@@H](O)[C@@H]1C(=O)N2C(C(=O)O)=C(CNC(=O)c3cn(C4CC4)c4cc(N5CCNCC5)c(F)cc4c3=O)S[C@H]12. The Morgan fingerprint density at radius 1 is 1.23 bits per heavy atom. The molecule has 206 valence electrons. The number of pyridine rings is 1. The van der Waals surface area contributed by atoms with Crippen LogP contribution in [0.15, 0.2) is 33.7 Å². The van der Waals surface area contributed by atoms with Crippen LogP contribution in [0.2, 0.25) is 0 Å². The molecule has 4 heterocycles. The Labute approximate surface area is 226 Å². The quantitative estimate of drug-likeness (QED) is 0.364. The minimum Gasteiger partial charge on any atom is -0.477 e. The number of aliphatic carboxylic acids is 1. The van der Waals surface area contributed by atoms with Crippen LogP contribution in [0, 0.1) is 11.7 Å². The number of fused-ring (bicyclic) bond motifs is 2. The number of anilines is 1. The number of carboxylic acid groups (broad SMARTS) is 1. The van der Waals surface area contributed by atoms with Crippen LogP contribution in [0.4, 0.5) is 10.1 Å². The number of aliphatic hydroxyl groups excluding tert-OH is 1. The summed E-state index contributed by atoms with van der Waals surface area (Å²) in [6.07, 6.45) is 2.31. The van der Waals surface area contributed by atoms with Gasteiger partial charge in [0.05, 0.1) is 29.8 Å². The summed E-state index contributed by atoms with van der Waals surface area (Å²) in [6, 6.07) is 2.99. The molecule has 1 aromatic heterocycles. The van der Waals surface area contributed by atoms with E-state index in [0.717, 1.165) is 42.6 Å². The number of thioether (sulfide) groups is 1. The second kappa shape index (κ2) is 9.65. The predicted molar refractivity (Wildman–Crippen MR) is 142 cm³/mol. The molecule has 4 aliphatic rings. The number of amides is 2. The number of carboxylic acids is 1. The molecule has 2 aromatic rings. The summed E-state index contributed by atoms with van der Waals surface area (Å²) in [4.78, 5) is 54.3. The van der Waals surface area contributed by atoms with Crippen molar-refractivity contribution >= 4 is 46.1 Å². The number of β-lactam (4-membered cyclic amide) rings is 1. The lowest BCUT2D eigenvalue weighted by molar-refractivity contribution is -0.156. The second-order valence-corrected chi connectivity index (χ2v) is 11.5. The van der Waals surface area contributed by atoms with E-state index in [4.69, 9.17) is 0 Å². The van der Waals surface area contributed by atoms with Crippen molar-refractivity contribution in [3.05, 3.63) is 50.5 Å². The highest BCUT2D eigenvalue weighted by atomic mass is 32.2. The van der Waals surface area contributed by atoms with Crippen molar-refractivity contribution in [1.29, 1.82) is 0 Å². The summed E-state index contributed by atoms with van der Waals surface area (Å²) in [6.45, 7) is 4.01. The van der Waals surface area contributed by atoms with Crippen LogP contribution in [-0.4, -0.2) is 81.7 Å². The molecule has 3 aliphatic heterocycles. The molecule has 0 bridgehead atoms. The molecule has 1 aromatic carbocycles. The summed E-state index contributed by atoms with van der Waals surface area (Å²) >= 11 is 1.10. The number of hydrogen-bond acceptors (Lipinski definition) is 8. The monoisotopic (exact) mass is 557 g/mol. The zero-order chi connectivity index (χ0) is 27.6. The Hall–Kier alpha value is -3.42. The van der Waals surface area contributed by atoms with Crippen LogP contribution in [0.3, 0.4) is 0 Å². The molecule has 2 amide bonds. The maximum atomic E-state index is 15.2. The van der Waals surface area contributed by atoms with Crippen molar-refractivity contribution in [3.8, 4) is 0 Å². The van der Waals surface area contributed by atoms with Crippen molar-refractivity contribution in [1.82, 2.24) is 20.1 Å². The van der Waals surface area contributed by atoms with Gasteiger partial charge in [-0.25, -0.2) is 9.18 Å². The zero-order valence-electron chi connectivity index (χ0n) is 21.1. The minimum absolute atomic E-state index is 0.0968. The van der Waals surface area contributed by atoms with E-state index in [9.17, 15) is 29.4 Å². The minimum atomic E-state index is -1.32. The largest absolute Gasteiger partial charge is 0.477 e. The summed E-state index contributed by atoms with van der Waals surface area (Å²) < 4.78 is 17.1. The number of aromatic nitrogens is 1. The summed E-state index contributed by atoms with van der Waals surface area (Å²) in [5, 5.41) is 25.0. The van der Waals surface area contributed by atoms with Gasteiger partial charge in [0.15, 0.2) is 0 Å². The van der Waals surface area contributed by atoms with E-state index in [2.05, 4.69) is 10.6 Å². The van der Waals surface area contributed by atoms with Crippen LogP contribution in [0.1, 0.15) is 36.2 Å². The maximum absolute atomic E-state index is 15.2. The standard InChI is InChI=1S/C26H28FN5O6S/c1-12(33)20-24(36)32-21(26(37)38)19(39-25(20)32)10-29-23(35)15-11-31(13-2-3-13)17-9-18(30-6-4-28-5-7-30)16(27)8-14(17)22(15)34/h8-9,11-13,20,25,28,33H,2-7,10H2,1H3,(H,29,35)(H,37,38)/t12-,20-,25-/m1/s1. The number of hydrogen-bond donors (Lipinski definition) is 4. The van der Waals surface area contributed by atoms with Crippen molar-refractivity contribution in [2.75, 3.05) is 37.6 Å². The molecule has 11 nitrogen and oxygen atoms in total. The van der Waals surface area contributed by atoms with Crippen LogP contribution < -0.4 is 21.0 Å². The maximum Gasteiger partial charge on any atom is 0.353 e. The Morgan fingerprint density at radius 2 is 1.95 bits per heavy atom. The summed E-state index contributed by atoms with van der Waals surface area (Å²) in [5.41, 5.74) is -0.00167. The zero-order valence-corrected chi connectivity index (χ0v) is 22.0. The fourth-order valence-electron chi connectivity index (χ4n) is 5.56. The van der Waals surface area contributed by atoms with Gasteiger partial charge in [0.25, 0.3) is 5.91 Å². The van der Waals surface area contributed by atoms with Gasteiger partial charge in [-0.15, -0.1) is 0 Å². The predicted octanol–water partition coefficient (Wildman–Crippen LogP) is 0.823. The molecule has 6 rings (SSSR count). The van der Waals surface area contributed by atoms with Crippen LogP contribution in [0.25, 0.3) is 10.9 Å². The van der Waals surface area contributed by atoms with Gasteiger partial charge in [-0.3, -0.25) is 19.3 Å². The highest BCUT2D eigenvalue weighted by Gasteiger charge is 2.57. The number of carbonyl (C=O) groups excluding carboxylic acids is 2. The van der Waals surface area contributed by atoms with Crippen LogP contribution in [-0.2, 0) is 9.59 Å². The molecular weight excluding hydrogens is 529 g/mol. The molecule has 1 aliphatic carbocycles. The Balaban J connectivity index is 1.30. The van der Waals surface area contributed by atoms with E-state index < -0.39 is 46.4 Å². The molecule has 3 atom stereocenters. The third-order valence-electron chi connectivity index (χ3n) is 7.73. The molecule has 0 spiro atoms. The van der Waals surface area contributed by atoms with E-state index in [0.29, 0.717) is 24.3 Å². The van der Waals surface area contributed by atoms with Gasteiger partial charge in [0.1, 0.15) is 22.5 Å². The van der Waals surface area contributed by atoms with Crippen molar-refractivity contribution < 1.29 is 29.0 Å². The number of halogens is 1. The van der Waals surface area contributed by atoms with Gasteiger partial charge >= 0.3 is 5.97 Å². The smallest absolute Gasteiger partial charge is 0.353 e. The van der Waals surface area contributed by atoms with Gasteiger partial charge in [-0.1, -0.05) is 11.8 Å². The number of nitrogens with one attached hydrogen (secondary N) is 2. The fraction of sp³-hybridized carbons (Fsp3) is 0.462. The number of piperazine rings is 1. The van der Waals surface area contributed by atoms with Crippen molar-refractivity contribution in [2.24, 2.45) is 5.92 Å². The average molecular weight is 558 g/mol. The van der Waals surface area contributed by atoms with Gasteiger partial charge in [-0.2, -0.15) is 0 Å². The van der Waals surface area contributed by atoms with E-state index >= 15 is 4.39 Å². The molecular formula is C26H28FN5O6S. The molecule has 4 N–H and O–H groups in total. The van der Waals surface area contributed by atoms with Crippen molar-refractivity contribution in [2.45, 2.75) is 37.3 Å². The van der Waals surface area contributed by atoms with Crippen LogP contribution >= 0.6 is 11.8 Å². The highest BCUT2D eigenvalue weighted by Crippen LogP contribution is 2.50. The summed E-state index contributed by atoms with van der Waals surface area (Å²) in [7, 11) is 0. The molecule has 0 unspecified atom stereocenters. The highest BCUT2D eigenvalue weighted by molar-refractivity contribution is 8.04. The number of aliphatic hydroxyl groups is 1. The van der Waals surface area contributed by atoms with E-state index in [1.54, 1.807) is 6.07 Å². The normalized spacial score (nSPS) is 23.6. The lowest BCUT2D eigenvalue weighted by Gasteiger charge is -2.43. The van der Waals surface area contributed by atoms with E-state index in [1.807, 2.05) is 9.47 Å². The van der Waals surface area contributed by atoms with Crippen molar-refractivity contribution in [3.63, 3.8) is 0 Å². The molecule has 39 heavy (non-hydrogen) atoms. The molecule has 2 saturated heterocycles. The molecule has 1 saturated carbocycles. The average Bonchev–Trinajstić information content (AvgIpc) is 3.69. The first-order valence-corrected chi connectivity index (χ1v) is 13.8. The third kappa shape index (κ3) is 4.28. The fourth-order valence-corrected chi connectivity index (χ4v) is 7.11. The summed E-state index contributed by atoms with van der Waals surface area (Å²) in [5.74, 6) is -3.77. The number of nitrogens with zero attached hydrogens (tertiary/aromatic N) is 3. The second-order valence-electron chi connectivity index (χ2n) is 10.3. The molecule has 3 fully saturated rings. The van der Waals surface area contributed by atoms with Crippen LogP contribution in [0.5, 0.6) is 0 Å². The third-order valence-corrected chi connectivity index (χ3v) is 9.10.